The number of rotatable bonds is 3. The summed E-state index contributed by atoms with van der Waals surface area (Å²) >= 11 is 8.80. The van der Waals surface area contributed by atoms with Crippen LogP contribution in [0.4, 0.5) is 4.39 Å². The van der Waals surface area contributed by atoms with E-state index >= 15 is 0 Å². The van der Waals surface area contributed by atoms with Gasteiger partial charge in [0.05, 0.1) is 0 Å². The normalized spacial score (nSPS) is 17.6. The molecule has 5 heteroatoms. The van der Waals surface area contributed by atoms with Gasteiger partial charge in [-0.25, -0.2) is 4.39 Å². The Kier molecular flexibility index (Phi) is 5.04. The summed E-state index contributed by atoms with van der Waals surface area (Å²) in [5.41, 5.74) is 2.30. The Morgan fingerprint density at radius 2 is 2.00 bits per heavy atom. The number of hydrogen-bond acceptors (Lipinski definition) is 2. The summed E-state index contributed by atoms with van der Waals surface area (Å²) in [6, 6.07) is 11.5. The van der Waals surface area contributed by atoms with Crippen molar-refractivity contribution in [3.8, 4) is 0 Å². The van der Waals surface area contributed by atoms with Crippen LogP contribution in [0, 0.1) is 5.82 Å². The van der Waals surface area contributed by atoms with Crippen LogP contribution >= 0.6 is 43.6 Å². The van der Waals surface area contributed by atoms with Gasteiger partial charge in [0, 0.05) is 26.4 Å². The highest BCUT2D eigenvalue weighted by Crippen LogP contribution is 2.36. The molecule has 1 heterocycles. The standard InChI is InChI=1S/C16H14Br2FNS/c17-13-3-1-10(7-14(13)18)9-20-15-5-6-21-16-4-2-11(19)8-12(15)16/h1-4,7-8,15,20H,5-6,9H2. The average Bonchev–Trinajstić information content (AvgIpc) is 2.48. The van der Waals surface area contributed by atoms with Crippen LogP contribution in [0.15, 0.2) is 50.2 Å². The lowest BCUT2D eigenvalue weighted by Crippen LogP contribution is -2.24. The highest BCUT2D eigenvalue weighted by Gasteiger charge is 2.20. The van der Waals surface area contributed by atoms with Crippen LogP contribution in [-0.4, -0.2) is 5.75 Å². The van der Waals surface area contributed by atoms with E-state index in [4.69, 9.17) is 0 Å². The molecule has 0 saturated heterocycles. The minimum atomic E-state index is -0.158. The Labute approximate surface area is 145 Å². The van der Waals surface area contributed by atoms with Crippen molar-refractivity contribution >= 4 is 43.6 Å². The summed E-state index contributed by atoms with van der Waals surface area (Å²) in [5, 5.41) is 3.55. The minimum Gasteiger partial charge on any atom is -0.306 e. The van der Waals surface area contributed by atoms with Gasteiger partial charge in [-0.15, -0.1) is 11.8 Å². The molecular formula is C16H14Br2FNS. The van der Waals surface area contributed by atoms with Crippen molar-refractivity contribution < 1.29 is 4.39 Å². The Morgan fingerprint density at radius 1 is 1.14 bits per heavy atom. The second-order valence-corrected chi connectivity index (χ2v) is 7.85. The molecule has 1 unspecified atom stereocenters. The summed E-state index contributed by atoms with van der Waals surface area (Å²) < 4.78 is 15.6. The van der Waals surface area contributed by atoms with Crippen molar-refractivity contribution in [1.82, 2.24) is 5.32 Å². The first kappa shape index (κ1) is 15.5. The maximum atomic E-state index is 13.5. The summed E-state index contributed by atoms with van der Waals surface area (Å²) in [7, 11) is 0. The van der Waals surface area contributed by atoms with Crippen molar-refractivity contribution in [2.75, 3.05) is 5.75 Å². The van der Waals surface area contributed by atoms with E-state index in [-0.39, 0.29) is 11.9 Å². The van der Waals surface area contributed by atoms with Crippen LogP contribution in [0.3, 0.4) is 0 Å². The van der Waals surface area contributed by atoms with E-state index in [1.807, 2.05) is 12.1 Å². The van der Waals surface area contributed by atoms with E-state index in [2.05, 4.69) is 49.3 Å². The van der Waals surface area contributed by atoms with E-state index < -0.39 is 0 Å². The number of fused-ring (bicyclic) bond motifs is 1. The molecule has 2 aromatic rings. The molecule has 1 aliphatic heterocycles. The van der Waals surface area contributed by atoms with Crippen LogP contribution in [0.2, 0.25) is 0 Å². The minimum absolute atomic E-state index is 0.158. The molecule has 1 nitrogen and oxygen atoms in total. The molecule has 1 atom stereocenters. The van der Waals surface area contributed by atoms with Gasteiger partial charge in [0.2, 0.25) is 0 Å². The van der Waals surface area contributed by atoms with Crippen LogP contribution < -0.4 is 5.32 Å². The molecular weight excluding hydrogens is 417 g/mol. The fraction of sp³-hybridized carbons (Fsp3) is 0.250. The summed E-state index contributed by atoms with van der Waals surface area (Å²) in [6.07, 6.45) is 1.03. The van der Waals surface area contributed by atoms with Crippen LogP contribution in [0.25, 0.3) is 0 Å². The topological polar surface area (TPSA) is 12.0 Å². The number of thioether (sulfide) groups is 1. The average molecular weight is 431 g/mol. The Bertz CT molecular complexity index is 663. The molecule has 3 rings (SSSR count). The lowest BCUT2D eigenvalue weighted by atomic mass is 10.0. The number of benzene rings is 2. The van der Waals surface area contributed by atoms with Gasteiger partial charge in [0.15, 0.2) is 0 Å². The summed E-state index contributed by atoms with van der Waals surface area (Å²) in [4.78, 5) is 1.19. The van der Waals surface area contributed by atoms with Gasteiger partial charge in [-0.05, 0) is 85.5 Å². The molecule has 0 aliphatic carbocycles. The zero-order valence-electron chi connectivity index (χ0n) is 11.2. The van der Waals surface area contributed by atoms with Crippen LogP contribution in [-0.2, 0) is 6.54 Å². The molecule has 0 saturated carbocycles. The Balaban J connectivity index is 1.74. The number of halogens is 3. The van der Waals surface area contributed by atoms with E-state index in [1.54, 1.807) is 23.9 Å². The molecule has 1 aliphatic rings. The highest BCUT2D eigenvalue weighted by molar-refractivity contribution is 9.13. The van der Waals surface area contributed by atoms with Gasteiger partial charge >= 0.3 is 0 Å². The molecule has 0 radical (unpaired) electrons. The van der Waals surface area contributed by atoms with Crippen molar-refractivity contribution in [1.29, 1.82) is 0 Å². The van der Waals surface area contributed by atoms with E-state index in [0.717, 1.165) is 33.2 Å². The Morgan fingerprint density at radius 3 is 2.81 bits per heavy atom. The van der Waals surface area contributed by atoms with E-state index in [9.17, 15) is 4.39 Å². The quantitative estimate of drug-likeness (QED) is 0.672. The van der Waals surface area contributed by atoms with Crippen molar-refractivity contribution in [2.45, 2.75) is 23.9 Å². The first-order valence-electron chi connectivity index (χ1n) is 6.73. The van der Waals surface area contributed by atoms with Gasteiger partial charge in [0.1, 0.15) is 5.82 Å². The molecule has 1 N–H and O–H groups in total. The predicted molar refractivity (Wildman–Crippen MR) is 93.2 cm³/mol. The lowest BCUT2D eigenvalue weighted by Gasteiger charge is -2.26. The fourth-order valence-corrected chi connectivity index (χ4v) is 4.25. The van der Waals surface area contributed by atoms with Crippen molar-refractivity contribution in [2.24, 2.45) is 0 Å². The van der Waals surface area contributed by atoms with Gasteiger partial charge < -0.3 is 5.32 Å². The second kappa shape index (κ2) is 6.82. The zero-order valence-corrected chi connectivity index (χ0v) is 15.2. The molecule has 21 heavy (non-hydrogen) atoms. The van der Waals surface area contributed by atoms with E-state index in [1.165, 1.54) is 10.5 Å². The van der Waals surface area contributed by atoms with Crippen LogP contribution in [0.1, 0.15) is 23.6 Å². The van der Waals surface area contributed by atoms with Crippen molar-refractivity contribution in [3.63, 3.8) is 0 Å². The highest BCUT2D eigenvalue weighted by atomic mass is 79.9. The molecule has 0 amide bonds. The first-order chi connectivity index (χ1) is 10.1. The van der Waals surface area contributed by atoms with Gasteiger partial charge in [-0.2, -0.15) is 0 Å². The third-order valence-corrected chi connectivity index (χ3v) is 6.55. The third kappa shape index (κ3) is 3.70. The SMILES string of the molecule is Fc1ccc2c(c1)C(NCc1ccc(Br)c(Br)c1)CCS2. The molecule has 0 spiro atoms. The van der Waals surface area contributed by atoms with Crippen molar-refractivity contribution in [3.05, 3.63) is 62.3 Å². The monoisotopic (exact) mass is 429 g/mol. The largest absolute Gasteiger partial charge is 0.306 e. The molecule has 110 valence electrons. The van der Waals surface area contributed by atoms with Gasteiger partial charge in [-0.1, -0.05) is 6.07 Å². The smallest absolute Gasteiger partial charge is 0.123 e. The number of nitrogens with one attached hydrogen (secondary N) is 1. The second-order valence-electron chi connectivity index (χ2n) is 5.00. The first-order valence-corrected chi connectivity index (χ1v) is 9.30. The van der Waals surface area contributed by atoms with E-state index in [0.29, 0.717) is 0 Å². The lowest BCUT2D eigenvalue weighted by molar-refractivity contribution is 0.504. The maximum absolute atomic E-state index is 13.5. The number of hydrogen-bond donors (Lipinski definition) is 1. The zero-order chi connectivity index (χ0) is 14.8. The Hall–Kier alpha value is -0.360. The van der Waals surface area contributed by atoms with Crippen LogP contribution in [0.5, 0.6) is 0 Å². The summed E-state index contributed by atoms with van der Waals surface area (Å²) in [5.74, 6) is 0.912. The molecule has 0 fully saturated rings. The molecule has 0 aromatic heterocycles. The third-order valence-electron chi connectivity index (χ3n) is 3.55. The predicted octanol–water partition coefficient (Wildman–Crippen LogP) is 5.68. The molecule has 0 bridgehead atoms. The fourth-order valence-electron chi connectivity index (χ4n) is 2.47. The maximum Gasteiger partial charge on any atom is 0.123 e. The van der Waals surface area contributed by atoms with Gasteiger partial charge in [-0.3, -0.25) is 0 Å². The summed E-state index contributed by atoms with van der Waals surface area (Å²) in [6.45, 7) is 0.775. The van der Waals surface area contributed by atoms with Gasteiger partial charge in [0.25, 0.3) is 0 Å². The molecule has 2 aromatic carbocycles.